The molecular weight excluding hydrogens is 250 g/mol. The van der Waals surface area contributed by atoms with Gasteiger partial charge in [-0.05, 0) is 18.3 Å². The van der Waals surface area contributed by atoms with Crippen molar-refractivity contribution in [1.29, 1.82) is 0 Å². The van der Waals surface area contributed by atoms with Crippen molar-refractivity contribution in [3.63, 3.8) is 0 Å². The molecule has 100 valence electrons. The van der Waals surface area contributed by atoms with Crippen molar-refractivity contribution < 1.29 is 9.52 Å². The zero-order valence-corrected chi connectivity index (χ0v) is 11.2. The van der Waals surface area contributed by atoms with Crippen LogP contribution in [0.3, 0.4) is 0 Å². The molecule has 0 saturated carbocycles. The maximum Gasteiger partial charge on any atom is 0.129 e. The molecule has 0 fully saturated rings. The molecule has 1 aromatic heterocycles. The second-order valence-corrected chi connectivity index (χ2v) is 3.65. The molecule has 0 bridgehead atoms. The summed E-state index contributed by atoms with van der Waals surface area (Å²) in [4.78, 5) is 2.09. The van der Waals surface area contributed by atoms with Crippen molar-refractivity contribution in [1.82, 2.24) is 4.90 Å². The third-order valence-corrected chi connectivity index (χ3v) is 2.24. The predicted octanol–water partition coefficient (Wildman–Crippen LogP) is 2.92. The van der Waals surface area contributed by atoms with E-state index in [0.717, 1.165) is 18.8 Å². The highest BCUT2D eigenvalue weighted by molar-refractivity contribution is 5.85. The first kappa shape index (κ1) is 16.6. The van der Waals surface area contributed by atoms with E-state index in [4.69, 9.17) is 9.52 Å². The van der Waals surface area contributed by atoms with E-state index < -0.39 is 0 Å². The second kappa shape index (κ2) is 9.57. The van der Waals surface area contributed by atoms with Crippen molar-refractivity contribution in [2.75, 3.05) is 13.1 Å². The number of furan rings is 1. The fourth-order valence-corrected chi connectivity index (χ4v) is 1.46. The summed E-state index contributed by atoms with van der Waals surface area (Å²) in [5.74, 6) is 1.45. The molecule has 0 amide bonds. The van der Waals surface area contributed by atoms with E-state index in [-0.39, 0.29) is 19.0 Å². The Bertz CT molecular complexity index is 375. The molecule has 0 aliphatic heterocycles. The van der Waals surface area contributed by atoms with Gasteiger partial charge in [0.1, 0.15) is 18.1 Å². The molecule has 0 spiro atoms. The Kier molecular flexibility index (Phi) is 8.80. The summed E-state index contributed by atoms with van der Waals surface area (Å²) in [5.41, 5.74) is 0. The fraction of sp³-hybridized carbons (Fsp3) is 0.286. The highest BCUT2D eigenvalue weighted by Crippen LogP contribution is 2.08. The molecule has 3 nitrogen and oxygen atoms in total. The molecule has 0 unspecified atom stereocenters. The molecule has 0 aromatic carbocycles. The SMILES string of the molecule is C=CCN(C=CCc1ccc(CO)o1)CC=C.Cl. The Morgan fingerprint density at radius 3 is 2.28 bits per heavy atom. The topological polar surface area (TPSA) is 36.6 Å². The number of halogens is 1. The number of hydrogen-bond donors (Lipinski definition) is 1. The fourth-order valence-electron chi connectivity index (χ4n) is 1.46. The lowest BCUT2D eigenvalue weighted by atomic mass is 10.3. The number of nitrogens with zero attached hydrogens (tertiary/aromatic N) is 1. The number of aliphatic hydroxyl groups is 1. The minimum atomic E-state index is -0.0528. The zero-order chi connectivity index (χ0) is 12.5. The maximum absolute atomic E-state index is 8.86. The summed E-state index contributed by atoms with van der Waals surface area (Å²) < 4.78 is 5.37. The van der Waals surface area contributed by atoms with Gasteiger partial charge in [-0.1, -0.05) is 18.2 Å². The molecule has 18 heavy (non-hydrogen) atoms. The molecule has 0 aliphatic carbocycles. The van der Waals surface area contributed by atoms with Crippen LogP contribution in [-0.2, 0) is 13.0 Å². The van der Waals surface area contributed by atoms with Crippen molar-refractivity contribution in [2.24, 2.45) is 0 Å². The predicted molar refractivity (Wildman–Crippen MR) is 76.7 cm³/mol. The summed E-state index contributed by atoms with van der Waals surface area (Å²) in [7, 11) is 0. The van der Waals surface area contributed by atoms with Crippen LogP contribution >= 0.6 is 12.4 Å². The van der Waals surface area contributed by atoms with Crippen LogP contribution in [0.1, 0.15) is 11.5 Å². The Hall–Kier alpha value is -1.45. The van der Waals surface area contributed by atoms with E-state index in [1.165, 1.54) is 0 Å². The van der Waals surface area contributed by atoms with Crippen molar-refractivity contribution in [3.8, 4) is 0 Å². The Labute approximate surface area is 115 Å². The number of aliphatic hydroxyl groups excluding tert-OH is 1. The number of hydrogen-bond acceptors (Lipinski definition) is 3. The summed E-state index contributed by atoms with van der Waals surface area (Å²) in [5, 5.41) is 8.86. The van der Waals surface area contributed by atoms with Gasteiger partial charge in [0.05, 0.1) is 0 Å². The lowest BCUT2D eigenvalue weighted by molar-refractivity contribution is 0.244. The van der Waals surface area contributed by atoms with Gasteiger partial charge in [0, 0.05) is 19.5 Å². The van der Waals surface area contributed by atoms with Gasteiger partial charge < -0.3 is 14.4 Å². The third-order valence-electron chi connectivity index (χ3n) is 2.24. The van der Waals surface area contributed by atoms with Gasteiger partial charge >= 0.3 is 0 Å². The monoisotopic (exact) mass is 269 g/mol. The quantitative estimate of drug-likeness (QED) is 0.737. The molecule has 1 N–H and O–H groups in total. The van der Waals surface area contributed by atoms with E-state index >= 15 is 0 Å². The summed E-state index contributed by atoms with van der Waals surface area (Å²) >= 11 is 0. The van der Waals surface area contributed by atoms with Crippen molar-refractivity contribution in [3.05, 3.63) is 61.2 Å². The van der Waals surface area contributed by atoms with Crippen LogP contribution < -0.4 is 0 Å². The molecule has 1 heterocycles. The van der Waals surface area contributed by atoms with Gasteiger partial charge in [-0.15, -0.1) is 25.6 Å². The van der Waals surface area contributed by atoms with Gasteiger partial charge in [0.15, 0.2) is 0 Å². The van der Waals surface area contributed by atoms with Crippen LogP contribution in [0.15, 0.2) is 54.1 Å². The first-order valence-electron chi connectivity index (χ1n) is 5.61. The van der Waals surface area contributed by atoms with Gasteiger partial charge in [0.2, 0.25) is 0 Å². The van der Waals surface area contributed by atoms with Crippen LogP contribution in [-0.4, -0.2) is 23.1 Å². The van der Waals surface area contributed by atoms with E-state index in [2.05, 4.69) is 18.1 Å². The summed E-state index contributed by atoms with van der Waals surface area (Å²) in [6.45, 7) is 8.95. The highest BCUT2D eigenvalue weighted by atomic mass is 35.5. The smallest absolute Gasteiger partial charge is 0.129 e. The van der Waals surface area contributed by atoms with Gasteiger partial charge in [-0.2, -0.15) is 0 Å². The zero-order valence-electron chi connectivity index (χ0n) is 10.4. The number of rotatable bonds is 8. The summed E-state index contributed by atoms with van der Waals surface area (Å²) in [6, 6.07) is 3.66. The standard InChI is InChI=1S/C14H19NO2.ClH/c1-3-9-15(10-4-2)11-5-6-13-7-8-14(12-16)17-13;/h3-5,7-8,11,16H,1-2,6,9-10,12H2;1H. The molecule has 0 aliphatic rings. The Balaban J connectivity index is 0.00000289. The minimum Gasteiger partial charge on any atom is -0.463 e. The lowest BCUT2D eigenvalue weighted by Gasteiger charge is -2.15. The van der Waals surface area contributed by atoms with Crippen molar-refractivity contribution in [2.45, 2.75) is 13.0 Å². The van der Waals surface area contributed by atoms with E-state index in [9.17, 15) is 0 Å². The molecular formula is C14H20ClNO2. The number of allylic oxidation sites excluding steroid dienone is 1. The normalized spacial score (nSPS) is 10.1. The van der Waals surface area contributed by atoms with Crippen LogP contribution in [0.4, 0.5) is 0 Å². The van der Waals surface area contributed by atoms with Crippen molar-refractivity contribution >= 4 is 12.4 Å². The second-order valence-electron chi connectivity index (χ2n) is 3.65. The molecule has 4 heteroatoms. The average molecular weight is 270 g/mol. The molecule has 1 aromatic rings. The molecule has 0 atom stereocenters. The van der Waals surface area contributed by atoms with Crippen LogP contribution in [0, 0.1) is 0 Å². The largest absolute Gasteiger partial charge is 0.463 e. The Morgan fingerprint density at radius 2 is 1.78 bits per heavy atom. The van der Waals surface area contributed by atoms with E-state index in [0.29, 0.717) is 12.2 Å². The first-order chi connectivity index (χ1) is 8.30. The van der Waals surface area contributed by atoms with Gasteiger partial charge in [0.25, 0.3) is 0 Å². The molecule has 1 rings (SSSR count). The maximum atomic E-state index is 8.86. The molecule has 0 saturated heterocycles. The average Bonchev–Trinajstić information content (AvgIpc) is 2.77. The van der Waals surface area contributed by atoms with E-state index in [1.807, 2.05) is 30.5 Å². The van der Waals surface area contributed by atoms with Crippen LogP contribution in [0.25, 0.3) is 0 Å². The first-order valence-corrected chi connectivity index (χ1v) is 5.61. The van der Waals surface area contributed by atoms with Crippen LogP contribution in [0.2, 0.25) is 0 Å². The minimum absolute atomic E-state index is 0. The summed E-state index contributed by atoms with van der Waals surface area (Å²) in [6.07, 6.45) is 8.44. The molecule has 0 radical (unpaired) electrons. The van der Waals surface area contributed by atoms with Crippen LogP contribution in [0.5, 0.6) is 0 Å². The van der Waals surface area contributed by atoms with Gasteiger partial charge in [-0.25, -0.2) is 0 Å². The Morgan fingerprint density at radius 1 is 1.17 bits per heavy atom. The lowest BCUT2D eigenvalue weighted by Crippen LogP contribution is -2.16. The van der Waals surface area contributed by atoms with Gasteiger partial charge in [-0.3, -0.25) is 0 Å². The van der Waals surface area contributed by atoms with E-state index in [1.54, 1.807) is 6.07 Å². The highest BCUT2D eigenvalue weighted by Gasteiger charge is 1.98. The third kappa shape index (κ3) is 5.75.